The van der Waals surface area contributed by atoms with Crippen LogP contribution in [0, 0.1) is 0 Å². The Balaban J connectivity index is 2.27. The van der Waals surface area contributed by atoms with Crippen molar-refractivity contribution in [3.8, 4) is 0 Å². The van der Waals surface area contributed by atoms with Gasteiger partial charge in [0.1, 0.15) is 0 Å². The van der Waals surface area contributed by atoms with Crippen molar-refractivity contribution in [1.82, 2.24) is 0 Å². The van der Waals surface area contributed by atoms with Gasteiger partial charge >= 0.3 is 0 Å². The Kier molecular flexibility index (Phi) is 2.75. The van der Waals surface area contributed by atoms with Crippen LogP contribution in [0.1, 0.15) is 26.7 Å². The lowest BCUT2D eigenvalue weighted by atomic mass is 10.1. The summed E-state index contributed by atoms with van der Waals surface area (Å²) in [5, 5.41) is 0. The second kappa shape index (κ2) is 3.62. The highest BCUT2D eigenvalue weighted by Gasteiger charge is 2.11. The Labute approximate surface area is 61.8 Å². The Morgan fingerprint density at radius 1 is 1.80 bits per heavy atom. The summed E-state index contributed by atoms with van der Waals surface area (Å²) in [6, 6.07) is 0. The second-order valence-corrected chi connectivity index (χ2v) is 2.52. The number of hydrogen-bond donors (Lipinski definition) is 0. The van der Waals surface area contributed by atoms with E-state index in [1.807, 2.05) is 6.92 Å². The molecular weight excluding hydrogens is 128 g/mol. The van der Waals surface area contributed by atoms with Crippen molar-refractivity contribution >= 4 is 0 Å². The van der Waals surface area contributed by atoms with Gasteiger partial charge in [0.15, 0.2) is 6.29 Å². The number of rotatable bonds is 2. The molecule has 1 aliphatic heterocycles. The van der Waals surface area contributed by atoms with Crippen molar-refractivity contribution in [2.24, 2.45) is 0 Å². The quantitative estimate of drug-likeness (QED) is 0.587. The lowest BCUT2D eigenvalue weighted by Crippen LogP contribution is -2.17. The molecule has 0 spiro atoms. The predicted molar refractivity (Wildman–Crippen MR) is 39.5 cm³/mol. The molecule has 2 heteroatoms. The Morgan fingerprint density at radius 3 is 3.10 bits per heavy atom. The standard InChI is InChI=1S/C8H14O2/c1-3-9-8-5-4-7(2)6-10-8/h6,8H,3-5H2,1-2H3. The van der Waals surface area contributed by atoms with Crippen molar-refractivity contribution in [2.45, 2.75) is 33.0 Å². The molecule has 1 aliphatic rings. The molecule has 0 saturated heterocycles. The molecule has 0 bridgehead atoms. The Hall–Kier alpha value is -0.500. The van der Waals surface area contributed by atoms with Gasteiger partial charge in [-0.25, -0.2) is 0 Å². The summed E-state index contributed by atoms with van der Waals surface area (Å²) in [6.45, 7) is 4.79. The van der Waals surface area contributed by atoms with Crippen LogP contribution < -0.4 is 0 Å². The molecule has 1 unspecified atom stereocenters. The molecule has 0 amide bonds. The van der Waals surface area contributed by atoms with Crippen LogP contribution in [0.2, 0.25) is 0 Å². The highest BCUT2D eigenvalue weighted by molar-refractivity contribution is 4.95. The first-order valence-corrected chi connectivity index (χ1v) is 3.75. The Morgan fingerprint density at radius 2 is 2.60 bits per heavy atom. The van der Waals surface area contributed by atoms with Gasteiger partial charge in [-0.15, -0.1) is 0 Å². The van der Waals surface area contributed by atoms with Crippen LogP contribution in [-0.2, 0) is 9.47 Å². The third-order valence-electron chi connectivity index (χ3n) is 1.55. The topological polar surface area (TPSA) is 18.5 Å². The average Bonchev–Trinajstić information content (AvgIpc) is 1.95. The van der Waals surface area contributed by atoms with Crippen molar-refractivity contribution in [1.29, 1.82) is 0 Å². The molecule has 0 aromatic rings. The highest BCUT2D eigenvalue weighted by Crippen LogP contribution is 2.16. The first-order chi connectivity index (χ1) is 4.83. The van der Waals surface area contributed by atoms with Crippen LogP contribution in [0.15, 0.2) is 11.8 Å². The van der Waals surface area contributed by atoms with Crippen molar-refractivity contribution in [2.75, 3.05) is 6.61 Å². The molecular formula is C8H14O2. The predicted octanol–water partition coefficient (Wildman–Crippen LogP) is 2.06. The van der Waals surface area contributed by atoms with Gasteiger partial charge in [-0.2, -0.15) is 0 Å². The SMILES string of the molecule is CCOC1CCC(C)=CO1. The molecule has 0 saturated carbocycles. The zero-order valence-corrected chi connectivity index (χ0v) is 6.59. The lowest BCUT2D eigenvalue weighted by Gasteiger charge is -2.20. The maximum Gasteiger partial charge on any atom is 0.199 e. The minimum atomic E-state index is 0.00806. The highest BCUT2D eigenvalue weighted by atomic mass is 16.7. The van der Waals surface area contributed by atoms with Crippen LogP contribution in [0.4, 0.5) is 0 Å². The third-order valence-corrected chi connectivity index (χ3v) is 1.55. The van der Waals surface area contributed by atoms with E-state index in [1.165, 1.54) is 5.57 Å². The van der Waals surface area contributed by atoms with E-state index in [4.69, 9.17) is 9.47 Å². The van der Waals surface area contributed by atoms with Gasteiger partial charge in [-0.1, -0.05) is 0 Å². The molecule has 1 atom stereocenters. The average molecular weight is 142 g/mol. The molecule has 58 valence electrons. The lowest BCUT2D eigenvalue weighted by molar-refractivity contribution is -0.112. The van der Waals surface area contributed by atoms with Crippen LogP contribution in [0.3, 0.4) is 0 Å². The zero-order chi connectivity index (χ0) is 7.40. The van der Waals surface area contributed by atoms with Crippen molar-refractivity contribution in [3.05, 3.63) is 11.8 Å². The first-order valence-electron chi connectivity index (χ1n) is 3.75. The maximum atomic E-state index is 5.26. The van der Waals surface area contributed by atoms with Gasteiger partial charge in [0, 0.05) is 13.0 Å². The monoisotopic (exact) mass is 142 g/mol. The van der Waals surface area contributed by atoms with Crippen LogP contribution >= 0.6 is 0 Å². The van der Waals surface area contributed by atoms with Gasteiger partial charge in [-0.05, 0) is 25.8 Å². The third kappa shape index (κ3) is 2.03. The fraction of sp³-hybridized carbons (Fsp3) is 0.750. The van der Waals surface area contributed by atoms with E-state index < -0.39 is 0 Å². The minimum Gasteiger partial charge on any atom is -0.473 e. The summed E-state index contributed by atoms with van der Waals surface area (Å²) >= 11 is 0. The summed E-state index contributed by atoms with van der Waals surface area (Å²) in [5.74, 6) is 0. The van der Waals surface area contributed by atoms with Crippen LogP contribution in [-0.4, -0.2) is 12.9 Å². The van der Waals surface area contributed by atoms with E-state index in [0.29, 0.717) is 0 Å². The van der Waals surface area contributed by atoms with Crippen LogP contribution in [0.25, 0.3) is 0 Å². The molecule has 0 fully saturated rings. The van der Waals surface area contributed by atoms with Gasteiger partial charge in [0.2, 0.25) is 0 Å². The normalized spacial score (nSPS) is 25.4. The molecule has 2 nitrogen and oxygen atoms in total. The molecule has 1 heterocycles. The molecule has 10 heavy (non-hydrogen) atoms. The van der Waals surface area contributed by atoms with Gasteiger partial charge in [0.25, 0.3) is 0 Å². The van der Waals surface area contributed by atoms with Gasteiger partial charge < -0.3 is 9.47 Å². The molecule has 0 aromatic carbocycles. The summed E-state index contributed by atoms with van der Waals surface area (Å²) in [5.41, 5.74) is 1.30. The number of hydrogen-bond acceptors (Lipinski definition) is 2. The number of allylic oxidation sites excluding steroid dienone is 1. The minimum absolute atomic E-state index is 0.00806. The van der Waals surface area contributed by atoms with Gasteiger partial charge in [-0.3, -0.25) is 0 Å². The van der Waals surface area contributed by atoms with Crippen molar-refractivity contribution in [3.63, 3.8) is 0 Å². The summed E-state index contributed by atoms with van der Waals surface area (Å²) < 4.78 is 10.5. The van der Waals surface area contributed by atoms with Crippen LogP contribution in [0.5, 0.6) is 0 Å². The summed E-state index contributed by atoms with van der Waals surface area (Å²) in [7, 11) is 0. The van der Waals surface area contributed by atoms with Gasteiger partial charge in [0.05, 0.1) is 6.26 Å². The van der Waals surface area contributed by atoms with E-state index in [2.05, 4.69) is 6.92 Å². The largest absolute Gasteiger partial charge is 0.473 e. The molecule has 0 aromatic heterocycles. The fourth-order valence-corrected chi connectivity index (χ4v) is 0.973. The fourth-order valence-electron chi connectivity index (χ4n) is 0.973. The van der Waals surface area contributed by atoms with Crippen molar-refractivity contribution < 1.29 is 9.47 Å². The van der Waals surface area contributed by atoms with E-state index in [0.717, 1.165) is 19.4 Å². The first kappa shape index (κ1) is 7.61. The van der Waals surface area contributed by atoms with E-state index in [-0.39, 0.29) is 6.29 Å². The summed E-state index contributed by atoms with van der Waals surface area (Å²) in [6.07, 6.45) is 3.90. The smallest absolute Gasteiger partial charge is 0.199 e. The molecule has 0 aliphatic carbocycles. The zero-order valence-electron chi connectivity index (χ0n) is 6.59. The molecule has 0 radical (unpaired) electrons. The van der Waals surface area contributed by atoms with E-state index in [1.54, 1.807) is 6.26 Å². The summed E-state index contributed by atoms with van der Waals surface area (Å²) in [4.78, 5) is 0. The molecule has 0 N–H and O–H groups in total. The van der Waals surface area contributed by atoms with E-state index in [9.17, 15) is 0 Å². The number of ether oxygens (including phenoxy) is 2. The molecule has 1 rings (SSSR count). The van der Waals surface area contributed by atoms with E-state index >= 15 is 0 Å². The Bertz CT molecular complexity index is 129. The maximum absolute atomic E-state index is 5.26. The second-order valence-electron chi connectivity index (χ2n) is 2.52.